The Morgan fingerprint density at radius 3 is 2.34 bits per heavy atom. The van der Waals surface area contributed by atoms with Gasteiger partial charge in [0.15, 0.2) is 0 Å². The van der Waals surface area contributed by atoms with Gasteiger partial charge in [-0.25, -0.2) is 9.07 Å². The number of para-hydroxylation sites is 1. The molecule has 3 rings (SSSR count). The molecule has 29 heavy (non-hydrogen) atoms. The highest BCUT2D eigenvalue weighted by Crippen LogP contribution is 2.24. The molecule has 0 aliphatic heterocycles. The number of amides is 1. The van der Waals surface area contributed by atoms with E-state index >= 15 is 0 Å². The second-order valence-electron chi connectivity index (χ2n) is 7.85. The minimum absolute atomic E-state index is 0. The molecule has 0 unspecified atom stereocenters. The summed E-state index contributed by atoms with van der Waals surface area (Å²) in [6.07, 6.45) is 1.87. The molecular weight excluding hydrogens is 391 g/mol. The maximum Gasteiger partial charge on any atom is 0.237 e. The van der Waals surface area contributed by atoms with Crippen molar-refractivity contribution in [3.8, 4) is 16.9 Å². The van der Waals surface area contributed by atoms with Crippen LogP contribution >= 0.6 is 12.4 Å². The summed E-state index contributed by atoms with van der Waals surface area (Å²) in [5, 5.41) is 7.56. The first-order chi connectivity index (χ1) is 13.3. The number of nitrogens with one attached hydrogen (secondary N) is 1. The van der Waals surface area contributed by atoms with E-state index in [2.05, 4.69) is 10.4 Å². The monoisotopic (exact) mass is 416 g/mol. The summed E-state index contributed by atoms with van der Waals surface area (Å²) in [7, 11) is 0. The fourth-order valence-electron chi connectivity index (χ4n) is 2.79. The molecule has 5 nitrogen and oxygen atoms in total. The third-order valence-corrected chi connectivity index (χ3v) is 4.60. The van der Waals surface area contributed by atoms with Gasteiger partial charge >= 0.3 is 0 Å². The van der Waals surface area contributed by atoms with Crippen molar-refractivity contribution >= 4 is 18.3 Å². The van der Waals surface area contributed by atoms with Crippen LogP contribution in [0.5, 0.6) is 0 Å². The second-order valence-corrected chi connectivity index (χ2v) is 7.85. The molecule has 0 spiro atoms. The first kappa shape index (κ1) is 22.6. The van der Waals surface area contributed by atoms with Gasteiger partial charge in [0.05, 0.1) is 17.4 Å². The molecule has 1 amide bonds. The number of rotatable bonds is 5. The van der Waals surface area contributed by atoms with Crippen LogP contribution < -0.4 is 11.1 Å². The molecule has 1 aromatic heterocycles. The van der Waals surface area contributed by atoms with E-state index in [0.29, 0.717) is 5.69 Å². The van der Waals surface area contributed by atoms with Gasteiger partial charge in [-0.2, -0.15) is 5.10 Å². The molecule has 2 aromatic carbocycles. The Morgan fingerprint density at radius 2 is 1.76 bits per heavy atom. The van der Waals surface area contributed by atoms with Crippen molar-refractivity contribution in [2.24, 2.45) is 11.1 Å². The quantitative estimate of drug-likeness (QED) is 0.657. The van der Waals surface area contributed by atoms with E-state index < -0.39 is 6.04 Å². The van der Waals surface area contributed by atoms with E-state index in [1.807, 2.05) is 57.3 Å². The zero-order valence-electron chi connectivity index (χ0n) is 16.7. The van der Waals surface area contributed by atoms with E-state index in [0.717, 1.165) is 16.8 Å². The molecule has 3 aromatic rings. The molecule has 0 saturated carbocycles. The number of benzene rings is 2. The van der Waals surface area contributed by atoms with Crippen LogP contribution in [-0.4, -0.2) is 21.7 Å². The fourth-order valence-corrected chi connectivity index (χ4v) is 2.79. The Morgan fingerprint density at radius 1 is 1.14 bits per heavy atom. The zero-order chi connectivity index (χ0) is 20.3. The number of hydrogen-bond acceptors (Lipinski definition) is 3. The molecule has 7 heteroatoms. The summed E-state index contributed by atoms with van der Waals surface area (Å²) in [6.45, 7) is 6.06. The average molecular weight is 417 g/mol. The number of carbonyl (C=O) groups excluding carboxylic acids is 1. The first-order valence-corrected chi connectivity index (χ1v) is 9.19. The SMILES string of the molecule is CC(C)(C)[C@H](N)C(=O)NCc1cn(-c2ccccc2)nc1-c1ccc(F)cc1.Cl. The van der Waals surface area contributed by atoms with Crippen molar-refractivity contribution in [1.82, 2.24) is 15.1 Å². The Labute approximate surface area is 176 Å². The van der Waals surface area contributed by atoms with Gasteiger partial charge in [0, 0.05) is 23.9 Å². The van der Waals surface area contributed by atoms with Gasteiger partial charge < -0.3 is 11.1 Å². The summed E-state index contributed by atoms with van der Waals surface area (Å²) in [5.74, 6) is -0.526. The summed E-state index contributed by atoms with van der Waals surface area (Å²) in [6, 6.07) is 15.2. The van der Waals surface area contributed by atoms with Gasteiger partial charge in [0.1, 0.15) is 5.82 Å². The molecular formula is C22H26ClFN4O. The summed E-state index contributed by atoms with van der Waals surface area (Å²) >= 11 is 0. The highest BCUT2D eigenvalue weighted by molar-refractivity contribution is 5.85. The average Bonchev–Trinajstić information content (AvgIpc) is 3.10. The molecule has 0 aliphatic rings. The third-order valence-electron chi connectivity index (χ3n) is 4.60. The van der Waals surface area contributed by atoms with Crippen molar-refractivity contribution in [2.45, 2.75) is 33.4 Å². The number of carbonyl (C=O) groups is 1. The molecule has 1 heterocycles. The normalized spacial score (nSPS) is 12.2. The van der Waals surface area contributed by atoms with Crippen molar-refractivity contribution < 1.29 is 9.18 Å². The predicted octanol–water partition coefficient (Wildman–Crippen LogP) is 4.09. The van der Waals surface area contributed by atoms with Gasteiger partial charge in [0.2, 0.25) is 5.91 Å². The Hall–Kier alpha value is -2.70. The van der Waals surface area contributed by atoms with Gasteiger partial charge in [-0.05, 0) is 41.8 Å². The van der Waals surface area contributed by atoms with E-state index in [1.54, 1.807) is 16.8 Å². The third kappa shape index (κ3) is 5.43. The lowest BCUT2D eigenvalue weighted by Gasteiger charge is -2.25. The van der Waals surface area contributed by atoms with Crippen LogP contribution in [-0.2, 0) is 11.3 Å². The van der Waals surface area contributed by atoms with Crippen LogP contribution in [0.25, 0.3) is 16.9 Å². The molecule has 0 aliphatic carbocycles. The van der Waals surface area contributed by atoms with E-state index in [-0.39, 0.29) is 36.1 Å². The molecule has 0 fully saturated rings. The van der Waals surface area contributed by atoms with Gasteiger partial charge in [-0.3, -0.25) is 4.79 Å². The lowest BCUT2D eigenvalue weighted by Crippen LogP contribution is -2.48. The van der Waals surface area contributed by atoms with Crippen LogP contribution in [0.15, 0.2) is 60.8 Å². The van der Waals surface area contributed by atoms with Crippen LogP contribution in [0.3, 0.4) is 0 Å². The van der Waals surface area contributed by atoms with Gasteiger partial charge in [-0.15, -0.1) is 12.4 Å². The maximum absolute atomic E-state index is 13.3. The Bertz CT molecular complexity index is 949. The molecule has 3 N–H and O–H groups in total. The smallest absolute Gasteiger partial charge is 0.237 e. The largest absolute Gasteiger partial charge is 0.351 e. The molecule has 0 radical (unpaired) electrons. The Kier molecular flexibility index (Phi) is 7.16. The van der Waals surface area contributed by atoms with E-state index in [1.165, 1.54) is 12.1 Å². The minimum atomic E-state index is -0.620. The number of nitrogens with two attached hydrogens (primary N) is 1. The van der Waals surface area contributed by atoms with Crippen LogP contribution in [0.2, 0.25) is 0 Å². The van der Waals surface area contributed by atoms with Gasteiger partial charge in [-0.1, -0.05) is 39.0 Å². The van der Waals surface area contributed by atoms with Gasteiger partial charge in [0.25, 0.3) is 0 Å². The van der Waals surface area contributed by atoms with Crippen molar-refractivity contribution in [3.63, 3.8) is 0 Å². The highest BCUT2D eigenvalue weighted by Gasteiger charge is 2.27. The highest BCUT2D eigenvalue weighted by atomic mass is 35.5. The van der Waals surface area contributed by atoms with Crippen LogP contribution in [0.1, 0.15) is 26.3 Å². The standard InChI is InChI=1S/C22H25FN4O.ClH/c1-22(2,3)20(24)21(28)25-13-16-14-27(18-7-5-4-6-8-18)26-19(16)15-9-11-17(23)12-10-15;/h4-12,14,20H,13,24H2,1-3H3,(H,25,28);1H/t20-;/m1./s1. The van der Waals surface area contributed by atoms with Crippen LogP contribution in [0, 0.1) is 11.2 Å². The zero-order valence-corrected chi connectivity index (χ0v) is 17.5. The molecule has 154 valence electrons. The van der Waals surface area contributed by atoms with E-state index in [9.17, 15) is 9.18 Å². The molecule has 1 atom stereocenters. The second kappa shape index (κ2) is 9.20. The van der Waals surface area contributed by atoms with Crippen molar-refractivity contribution in [3.05, 3.63) is 72.2 Å². The molecule has 0 bridgehead atoms. The van der Waals surface area contributed by atoms with E-state index in [4.69, 9.17) is 5.73 Å². The summed E-state index contributed by atoms with van der Waals surface area (Å²) in [5.41, 5.74) is 8.90. The topological polar surface area (TPSA) is 72.9 Å². The van der Waals surface area contributed by atoms with Crippen LogP contribution in [0.4, 0.5) is 4.39 Å². The number of nitrogens with zero attached hydrogens (tertiary/aromatic N) is 2. The summed E-state index contributed by atoms with van der Waals surface area (Å²) in [4.78, 5) is 12.4. The maximum atomic E-state index is 13.3. The lowest BCUT2D eigenvalue weighted by atomic mass is 9.87. The first-order valence-electron chi connectivity index (χ1n) is 9.19. The Balaban J connectivity index is 0.00000300. The van der Waals surface area contributed by atoms with Crippen molar-refractivity contribution in [2.75, 3.05) is 0 Å². The fraction of sp³-hybridized carbons (Fsp3) is 0.273. The number of aromatic nitrogens is 2. The summed E-state index contributed by atoms with van der Waals surface area (Å²) < 4.78 is 15.1. The lowest BCUT2D eigenvalue weighted by molar-refractivity contribution is -0.124. The molecule has 0 saturated heterocycles. The predicted molar refractivity (Wildman–Crippen MR) is 115 cm³/mol. The van der Waals surface area contributed by atoms with Crippen molar-refractivity contribution in [1.29, 1.82) is 0 Å². The minimum Gasteiger partial charge on any atom is -0.351 e. The number of halogens is 2. The number of hydrogen-bond donors (Lipinski definition) is 2.